The molecule has 0 spiro atoms. The Labute approximate surface area is 80.9 Å². The summed E-state index contributed by atoms with van der Waals surface area (Å²) in [7, 11) is 0. The number of para-hydroxylation sites is 1. The van der Waals surface area contributed by atoms with Crippen LogP contribution in [-0.4, -0.2) is 10.5 Å². The molecule has 0 aliphatic rings. The van der Waals surface area contributed by atoms with Crippen molar-refractivity contribution in [1.82, 2.24) is 0 Å². The van der Waals surface area contributed by atoms with Gasteiger partial charge in [-0.05, 0) is 12.1 Å². The molecule has 0 unspecified atom stereocenters. The number of hydrogen-bond acceptors (Lipinski definition) is 1. The number of alkyl halides is 1. The Hall–Kier alpha value is -0.250. The fraction of sp³-hybridized carbons (Fsp3) is 0.333. The summed E-state index contributed by atoms with van der Waals surface area (Å²) in [6.45, 7) is 2.91. The van der Waals surface area contributed by atoms with E-state index >= 15 is 0 Å². The zero-order valence-corrected chi connectivity index (χ0v) is 8.61. The van der Waals surface area contributed by atoms with Gasteiger partial charge < -0.3 is 4.74 Å². The van der Waals surface area contributed by atoms with Gasteiger partial charge in [0.2, 0.25) is 0 Å². The van der Waals surface area contributed by atoms with Gasteiger partial charge in [0.1, 0.15) is 5.75 Å². The molecule has 0 aliphatic heterocycles. The van der Waals surface area contributed by atoms with Gasteiger partial charge in [-0.3, -0.25) is 0 Å². The molecule has 1 nitrogen and oxygen atoms in total. The summed E-state index contributed by atoms with van der Waals surface area (Å²) in [6, 6.07) is 9.89. The molecule has 0 saturated carbocycles. The van der Waals surface area contributed by atoms with Crippen molar-refractivity contribution < 1.29 is 4.74 Å². The number of ether oxygens (including phenoxy) is 1. The maximum atomic E-state index is 5.46. The molecule has 0 fully saturated rings. The van der Waals surface area contributed by atoms with Gasteiger partial charge in [-0.2, -0.15) is 0 Å². The van der Waals surface area contributed by atoms with E-state index in [4.69, 9.17) is 4.74 Å². The first-order valence-electron chi connectivity index (χ1n) is 3.61. The first-order valence-corrected chi connectivity index (χ1v) is 4.85. The summed E-state index contributed by atoms with van der Waals surface area (Å²) in [5.41, 5.74) is 0. The van der Waals surface area contributed by atoms with E-state index in [-0.39, 0.29) is 0 Å². The Balaban J connectivity index is 2.39. The van der Waals surface area contributed by atoms with Crippen molar-refractivity contribution >= 4 is 22.6 Å². The van der Waals surface area contributed by atoms with Gasteiger partial charge in [0.25, 0.3) is 0 Å². The van der Waals surface area contributed by atoms with E-state index in [9.17, 15) is 0 Å². The minimum atomic E-state index is 0.563. The fourth-order valence-electron chi connectivity index (χ4n) is 0.728. The van der Waals surface area contributed by atoms with E-state index in [2.05, 4.69) is 29.5 Å². The molecule has 1 aromatic carbocycles. The summed E-state index contributed by atoms with van der Waals surface area (Å²) >= 11 is 2.34. The van der Waals surface area contributed by atoms with Crippen molar-refractivity contribution in [3.05, 3.63) is 30.3 Å². The lowest BCUT2D eigenvalue weighted by Gasteiger charge is -2.06. The maximum Gasteiger partial charge on any atom is 0.119 e. The Morgan fingerprint density at radius 1 is 1.36 bits per heavy atom. The third-order valence-electron chi connectivity index (χ3n) is 1.22. The first-order chi connectivity index (χ1) is 5.29. The Bertz CT molecular complexity index is 196. The smallest absolute Gasteiger partial charge is 0.119 e. The van der Waals surface area contributed by atoms with E-state index in [1.54, 1.807) is 0 Å². The van der Waals surface area contributed by atoms with Crippen molar-refractivity contribution in [1.29, 1.82) is 0 Å². The van der Waals surface area contributed by atoms with Crippen LogP contribution in [0.4, 0.5) is 0 Å². The average molecular weight is 262 g/mol. The van der Waals surface area contributed by atoms with Gasteiger partial charge in [-0.1, -0.05) is 47.7 Å². The second-order valence-corrected chi connectivity index (χ2v) is 4.53. The van der Waals surface area contributed by atoms with Crippen molar-refractivity contribution in [2.75, 3.05) is 6.61 Å². The second kappa shape index (κ2) is 4.59. The highest BCUT2D eigenvalue weighted by molar-refractivity contribution is 14.1. The molecule has 0 radical (unpaired) electrons. The van der Waals surface area contributed by atoms with Crippen LogP contribution in [0, 0.1) is 0 Å². The quantitative estimate of drug-likeness (QED) is 0.601. The summed E-state index contributed by atoms with van der Waals surface area (Å²) < 4.78 is 6.02. The van der Waals surface area contributed by atoms with Crippen LogP contribution in [-0.2, 0) is 0 Å². The SMILES string of the molecule is C[C@@H](I)COc1ccccc1. The lowest BCUT2D eigenvalue weighted by molar-refractivity contribution is 0.326. The first kappa shape index (κ1) is 8.84. The highest BCUT2D eigenvalue weighted by Crippen LogP contribution is 2.10. The predicted octanol–water partition coefficient (Wildman–Crippen LogP) is 2.89. The van der Waals surface area contributed by atoms with Crippen LogP contribution in [0.2, 0.25) is 0 Å². The molecule has 0 N–H and O–H groups in total. The lowest BCUT2D eigenvalue weighted by atomic mass is 10.3. The number of hydrogen-bond donors (Lipinski definition) is 0. The highest BCUT2D eigenvalue weighted by Gasteiger charge is 1.95. The van der Waals surface area contributed by atoms with Gasteiger partial charge >= 0.3 is 0 Å². The summed E-state index contributed by atoms with van der Waals surface area (Å²) in [5, 5.41) is 0. The fourth-order valence-corrected chi connectivity index (χ4v) is 0.908. The van der Waals surface area contributed by atoms with Crippen molar-refractivity contribution in [3.8, 4) is 5.75 Å². The highest BCUT2D eigenvalue weighted by atomic mass is 127. The third-order valence-corrected chi connectivity index (χ3v) is 1.58. The third kappa shape index (κ3) is 3.60. The van der Waals surface area contributed by atoms with Crippen LogP contribution in [0.25, 0.3) is 0 Å². The van der Waals surface area contributed by atoms with Gasteiger partial charge in [-0.25, -0.2) is 0 Å². The van der Waals surface area contributed by atoms with Crippen LogP contribution in [0.5, 0.6) is 5.75 Å². The molecule has 0 aromatic heterocycles. The van der Waals surface area contributed by atoms with Crippen LogP contribution in [0.3, 0.4) is 0 Å². The molecule has 0 bridgehead atoms. The van der Waals surface area contributed by atoms with Gasteiger partial charge in [-0.15, -0.1) is 0 Å². The van der Waals surface area contributed by atoms with E-state index in [0.29, 0.717) is 3.92 Å². The number of rotatable bonds is 3. The van der Waals surface area contributed by atoms with Crippen LogP contribution in [0.1, 0.15) is 6.92 Å². The molecule has 1 atom stereocenters. The Morgan fingerprint density at radius 2 is 2.00 bits per heavy atom. The van der Waals surface area contributed by atoms with Crippen molar-refractivity contribution in [3.63, 3.8) is 0 Å². The Morgan fingerprint density at radius 3 is 2.55 bits per heavy atom. The average Bonchev–Trinajstić information content (AvgIpc) is 2.03. The second-order valence-electron chi connectivity index (χ2n) is 2.40. The zero-order chi connectivity index (χ0) is 8.10. The number of halogens is 1. The molecule has 0 saturated heterocycles. The summed E-state index contributed by atoms with van der Waals surface area (Å²) in [6.07, 6.45) is 0. The molecule has 0 amide bonds. The topological polar surface area (TPSA) is 9.23 Å². The van der Waals surface area contributed by atoms with Crippen molar-refractivity contribution in [2.45, 2.75) is 10.8 Å². The minimum Gasteiger partial charge on any atom is -0.493 e. The van der Waals surface area contributed by atoms with Crippen LogP contribution >= 0.6 is 22.6 Å². The van der Waals surface area contributed by atoms with E-state index < -0.39 is 0 Å². The molecular weight excluding hydrogens is 251 g/mol. The van der Waals surface area contributed by atoms with E-state index in [1.807, 2.05) is 30.3 Å². The summed E-state index contributed by atoms with van der Waals surface area (Å²) in [4.78, 5) is 0. The molecule has 0 aliphatic carbocycles. The van der Waals surface area contributed by atoms with Gasteiger partial charge in [0, 0.05) is 3.92 Å². The molecule has 60 valence electrons. The largest absolute Gasteiger partial charge is 0.493 e. The van der Waals surface area contributed by atoms with Crippen molar-refractivity contribution in [2.24, 2.45) is 0 Å². The molecule has 11 heavy (non-hydrogen) atoms. The normalized spacial score (nSPS) is 12.5. The monoisotopic (exact) mass is 262 g/mol. The predicted molar refractivity (Wildman–Crippen MR) is 55.4 cm³/mol. The summed E-state index contributed by atoms with van der Waals surface area (Å²) in [5.74, 6) is 0.955. The minimum absolute atomic E-state index is 0.563. The van der Waals surface area contributed by atoms with E-state index in [0.717, 1.165) is 12.4 Å². The zero-order valence-electron chi connectivity index (χ0n) is 6.46. The molecule has 1 aromatic rings. The maximum absolute atomic E-state index is 5.46. The standard InChI is InChI=1S/C9H11IO/c1-8(10)7-11-9-5-3-2-4-6-9/h2-6,8H,7H2,1H3/t8-/m1/s1. The Kier molecular flexibility index (Phi) is 3.69. The van der Waals surface area contributed by atoms with Crippen LogP contribution in [0.15, 0.2) is 30.3 Å². The number of benzene rings is 1. The molecule has 1 rings (SSSR count). The van der Waals surface area contributed by atoms with Gasteiger partial charge in [0.15, 0.2) is 0 Å². The van der Waals surface area contributed by atoms with Crippen LogP contribution < -0.4 is 4.74 Å². The van der Waals surface area contributed by atoms with Gasteiger partial charge in [0.05, 0.1) is 6.61 Å². The molecular formula is C9H11IO. The lowest BCUT2D eigenvalue weighted by Crippen LogP contribution is -2.06. The van der Waals surface area contributed by atoms with E-state index in [1.165, 1.54) is 0 Å². The molecule has 0 heterocycles. The molecule has 2 heteroatoms.